The van der Waals surface area contributed by atoms with E-state index >= 15 is 0 Å². The predicted molar refractivity (Wildman–Crippen MR) is 79.1 cm³/mol. The third-order valence-electron chi connectivity index (χ3n) is 3.18. The summed E-state index contributed by atoms with van der Waals surface area (Å²) in [7, 11) is 0. The van der Waals surface area contributed by atoms with Crippen LogP contribution in [0.25, 0.3) is 0 Å². The van der Waals surface area contributed by atoms with Crippen LogP contribution in [0, 0.1) is 0 Å². The third kappa shape index (κ3) is 3.46. The van der Waals surface area contributed by atoms with Gasteiger partial charge in [0.15, 0.2) is 0 Å². The lowest BCUT2D eigenvalue weighted by Crippen LogP contribution is -2.41. The molecule has 4 heteroatoms. The lowest BCUT2D eigenvalue weighted by Gasteiger charge is -2.33. The molecule has 1 aromatic rings. The van der Waals surface area contributed by atoms with E-state index in [1.165, 1.54) is 11.3 Å². The van der Waals surface area contributed by atoms with Crippen LogP contribution in [0.2, 0.25) is 0 Å². The predicted octanol–water partition coefficient (Wildman–Crippen LogP) is 2.56. The van der Waals surface area contributed by atoms with Crippen molar-refractivity contribution >= 4 is 21.6 Å². The first-order valence-corrected chi connectivity index (χ1v) is 7.26. The molecule has 2 atom stereocenters. The van der Waals surface area contributed by atoms with Crippen LogP contribution < -0.4 is 10.6 Å². The van der Waals surface area contributed by atoms with Crippen LogP contribution in [0.15, 0.2) is 22.7 Å². The van der Waals surface area contributed by atoms with Crippen molar-refractivity contribution in [3.8, 4) is 0 Å². The molecular formula is C14H21BrN2O. The quantitative estimate of drug-likeness (QED) is 0.932. The monoisotopic (exact) mass is 312 g/mol. The lowest BCUT2D eigenvalue weighted by molar-refractivity contribution is 0.0532. The number of rotatable bonds is 3. The van der Waals surface area contributed by atoms with Crippen LogP contribution >= 0.6 is 15.9 Å². The summed E-state index contributed by atoms with van der Waals surface area (Å²) >= 11 is 3.64. The van der Waals surface area contributed by atoms with Gasteiger partial charge in [0.05, 0.1) is 12.7 Å². The van der Waals surface area contributed by atoms with E-state index in [0.29, 0.717) is 6.10 Å². The molecule has 0 aromatic heterocycles. The smallest absolute Gasteiger partial charge is 0.0722 e. The van der Waals surface area contributed by atoms with Crippen LogP contribution in [-0.4, -0.2) is 31.8 Å². The van der Waals surface area contributed by atoms with Gasteiger partial charge in [-0.05, 0) is 38.0 Å². The lowest BCUT2D eigenvalue weighted by atomic mass is 10.1. The fourth-order valence-electron chi connectivity index (χ4n) is 2.30. The van der Waals surface area contributed by atoms with E-state index in [-0.39, 0.29) is 6.04 Å². The molecule has 0 saturated carbocycles. The van der Waals surface area contributed by atoms with Crippen molar-refractivity contribution in [2.75, 3.05) is 24.6 Å². The Labute approximate surface area is 117 Å². The van der Waals surface area contributed by atoms with E-state index in [9.17, 15) is 0 Å². The third-order valence-corrected chi connectivity index (χ3v) is 3.92. The highest BCUT2D eigenvalue weighted by Crippen LogP contribution is 2.26. The zero-order valence-electron chi connectivity index (χ0n) is 11.0. The number of nitrogens with two attached hydrogens (primary N) is 1. The van der Waals surface area contributed by atoms with Crippen molar-refractivity contribution in [2.24, 2.45) is 5.73 Å². The van der Waals surface area contributed by atoms with Crippen LogP contribution in [-0.2, 0) is 11.2 Å². The Morgan fingerprint density at radius 3 is 2.94 bits per heavy atom. The average Bonchev–Trinajstić information content (AvgIpc) is 2.31. The van der Waals surface area contributed by atoms with E-state index in [0.717, 1.165) is 30.6 Å². The fraction of sp³-hybridized carbons (Fsp3) is 0.571. The normalized spacial score (nSPS) is 22.0. The summed E-state index contributed by atoms with van der Waals surface area (Å²) in [5.41, 5.74) is 8.37. The van der Waals surface area contributed by atoms with Gasteiger partial charge in [0, 0.05) is 29.3 Å². The second-order valence-electron chi connectivity index (χ2n) is 5.08. The average molecular weight is 313 g/mol. The minimum absolute atomic E-state index is 0.190. The Kier molecular flexibility index (Phi) is 4.65. The maximum absolute atomic E-state index is 5.84. The Hall–Kier alpha value is -0.580. The first kappa shape index (κ1) is 13.8. The number of halogens is 1. The number of benzene rings is 1. The topological polar surface area (TPSA) is 38.5 Å². The van der Waals surface area contributed by atoms with Crippen LogP contribution in [0.4, 0.5) is 5.69 Å². The van der Waals surface area contributed by atoms with Gasteiger partial charge in [-0.25, -0.2) is 0 Å². The molecular weight excluding hydrogens is 292 g/mol. The number of hydrogen-bond donors (Lipinski definition) is 1. The van der Waals surface area contributed by atoms with Crippen molar-refractivity contribution < 1.29 is 4.74 Å². The Balaban J connectivity index is 2.12. The van der Waals surface area contributed by atoms with Crippen molar-refractivity contribution in [3.63, 3.8) is 0 Å². The summed E-state index contributed by atoms with van der Waals surface area (Å²) in [6, 6.07) is 6.73. The zero-order chi connectivity index (χ0) is 13.1. The van der Waals surface area contributed by atoms with Gasteiger partial charge in [-0.15, -0.1) is 0 Å². The van der Waals surface area contributed by atoms with Gasteiger partial charge >= 0.3 is 0 Å². The highest BCUT2D eigenvalue weighted by Gasteiger charge is 2.17. The number of morpholine rings is 1. The molecule has 2 unspecified atom stereocenters. The Morgan fingerprint density at radius 2 is 2.33 bits per heavy atom. The van der Waals surface area contributed by atoms with Gasteiger partial charge in [0.2, 0.25) is 0 Å². The Bertz CT molecular complexity index is 409. The summed E-state index contributed by atoms with van der Waals surface area (Å²) < 4.78 is 6.72. The van der Waals surface area contributed by atoms with Gasteiger partial charge in [0.1, 0.15) is 0 Å². The molecule has 0 aliphatic carbocycles. The van der Waals surface area contributed by atoms with Gasteiger partial charge in [0.25, 0.3) is 0 Å². The van der Waals surface area contributed by atoms with E-state index in [1.54, 1.807) is 0 Å². The molecule has 2 N–H and O–H groups in total. The molecule has 1 aliphatic heterocycles. The van der Waals surface area contributed by atoms with E-state index in [2.05, 4.69) is 46.0 Å². The van der Waals surface area contributed by atoms with Crippen molar-refractivity contribution in [1.82, 2.24) is 0 Å². The highest BCUT2D eigenvalue weighted by atomic mass is 79.9. The second kappa shape index (κ2) is 6.04. The molecule has 3 nitrogen and oxygen atoms in total. The molecule has 1 heterocycles. The molecule has 0 radical (unpaired) electrons. The first-order chi connectivity index (χ1) is 8.56. The van der Waals surface area contributed by atoms with Crippen LogP contribution in [0.1, 0.15) is 19.4 Å². The van der Waals surface area contributed by atoms with Crippen molar-refractivity contribution in [1.29, 1.82) is 0 Å². The highest BCUT2D eigenvalue weighted by molar-refractivity contribution is 9.10. The molecule has 2 rings (SSSR count). The van der Waals surface area contributed by atoms with Gasteiger partial charge in [-0.1, -0.05) is 22.0 Å². The first-order valence-electron chi connectivity index (χ1n) is 6.47. The molecule has 0 amide bonds. The van der Waals surface area contributed by atoms with Gasteiger partial charge in [-0.2, -0.15) is 0 Å². The summed E-state index contributed by atoms with van der Waals surface area (Å²) in [4.78, 5) is 2.37. The summed E-state index contributed by atoms with van der Waals surface area (Å²) in [5, 5.41) is 0. The molecule has 18 heavy (non-hydrogen) atoms. The van der Waals surface area contributed by atoms with E-state index in [1.807, 2.05) is 6.92 Å². The Morgan fingerprint density at radius 1 is 1.56 bits per heavy atom. The molecule has 1 aromatic carbocycles. The van der Waals surface area contributed by atoms with Gasteiger partial charge in [-0.3, -0.25) is 0 Å². The molecule has 1 aliphatic rings. The molecule has 0 bridgehead atoms. The maximum atomic E-state index is 5.84. The fourth-order valence-corrected chi connectivity index (χ4v) is 2.83. The summed E-state index contributed by atoms with van der Waals surface area (Å²) in [6.07, 6.45) is 1.21. The second-order valence-corrected chi connectivity index (χ2v) is 5.94. The van der Waals surface area contributed by atoms with Gasteiger partial charge < -0.3 is 15.4 Å². The maximum Gasteiger partial charge on any atom is 0.0722 e. The standard InChI is InChI=1S/C14H21BrN2O/c1-10(16)7-12-3-4-13(8-14(12)15)17-5-6-18-11(2)9-17/h3-4,8,10-11H,5-7,9,16H2,1-2H3. The van der Waals surface area contributed by atoms with Crippen LogP contribution in [0.3, 0.4) is 0 Å². The minimum Gasteiger partial charge on any atom is -0.375 e. The number of nitrogens with zero attached hydrogens (tertiary/aromatic N) is 1. The van der Waals surface area contributed by atoms with Crippen molar-refractivity contribution in [2.45, 2.75) is 32.4 Å². The molecule has 1 saturated heterocycles. The van der Waals surface area contributed by atoms with Crippen molar-refractivity contribution in [3.05, 3.63) is 28.2 Å². The minimum atomic E-state index is 0.190. The zero-order valence-corrected chi connectivity index (χ0v) is 12.6. The molecule has 0 spiro atoms. The summed E-state index contributed by atoms with van der Waals surface area (Å²) in [6.45, 7) is 6.87. The number of hydrogen-bond acceptors (Lipinski definition) is 3. The molecule has 1 fully saturated rings. The number of ether oxygens (including phenoxy) is 1. The van der Waals surface area contributed by atoms with E-state index in [4.69, 9.17) is 10.5 Å². The summed E-state index contributed by atoms with van der Waals surface area (Å²) in [5.74, 6) is 0. The molecule has 100 valence electrons. The van der Waals surface area contributed by atoms with E-state index < -0.39 is 0 Å². The number of anilines is 1. The largest absolute Gasteiger partial charge is 0.375 e. The van der Waals surface area contributed by atoms with Crippen LogP contribution in [0.5, 0.6) is 0 Å². The SMILES string of the molecule is CC(N)Cc1ccc(N2CCOC(C)C2)cc1Br.